The Balaban J connectivity index is 1.80. The Kier molecular flexibility index (Phi) is 7.87. The molecule has 0 saturated carbocycles. The van der Waals surface area contributed by atoms with Gasteiger partial charge in [-0.1, -0.05) is 23.8 Å². The molecule has 0 aliphatic heterocycles. The molecule has 1 N–H and O–H groups in total. The summed E-state index contributed by atoms with van der Waals surface area (Å²) >= 11 is 0. The molecule has 0 saturated heterocycles. The van der Waals surface area contributed by atoms with Gasteiger partial charge in [0.05, 0.1) is 19.9 Å². The summed E-state index contributed by atoms with van der Waals surface area (Å²) in [5, 5.41) is -0.265. The molecule has 0 fully saturated rings. The minimum atomic E-state index is -4.25. The fourth-order valence-corrected chi connectivity index (χ4v) is 5.15. The van der Waals surface area contributed by atoms with Crippen LogP contribution in [-0.2, 0) is 10.0 Å². The molecule has 0 spiro atoms. The molecule has 1 amide bonds. The van der Waals surface area contributed by atoms with Gasteiger partial charge >= 0.3 is 0 Å². The first-order valence-corrected chi connectivity index (χ1v) is 13.5. The van der Waals surface area contributed by atoms with E-state index in [9.17, 15) is 13.2 Å². The Bertz CT molecular complexity index is 1640. The average Bonchev–Trinajstić information content (AvgIpc) is 2.89. The molecule has 0 aliphatic rings. The lowest BCUT2D eigenvalue weighted by molar-refractivity contribution is 0.0978. The first-order valence-electron chi connectivity index (χ1n) is 12.0. The highest BCUT2D eigenvalue weighted by Crippen LogP contribution is 2.35. The second-order valence-electron chi connectivity index (χ2n) is 9.00. The van der Waals surface area contributed by atoms with Crippen LogP contribution in [0.4, 0.5) is 0 Å². The summed E-state index contributed by atoms with van der Waals surface area (Å²) in [7, 11) is -1.17. The van der Waals surface area contributed by atoms with E-state index in [2.05, 4.69) is 14.7 Å². The Morgan fingerprint density at radius 1 is 0.821 bits per heavy atom. The molecule has 39 heavy (non-hydrogen) atoms. The van der Waals surface area contributed by atoms with Gasteiger partial charge in [0.25, 0.3) is 15.9 Å². The van der Waals surface area contributed by atoms with Crippen molar-refractivity contribution in [1.82, 2.24) is 14.7 Å². The van der Waals surface area contributed by atoms with E-state index in [1.807, 2.05) is 32.9 Å². The zero-order valence-electron chi connectivity index (χ0n) is 22.5. The van der Waals surface area contributed by atoms with Crippen molar-refractivity contribution in [2.45, 2.75) is 32.7 Å². The number of amides is 1. The number of carbonyl (C=O) groups excluding carboxylic acids is 1. The number of methoxy groups -OCH3 is 2. The molecular weight excluding hydrogens is 518 g/mol. The van der Waals surface area contributed by atoms with Crippen molar-refractivity contribution in [1.29, 1.82) is 0 Å². The van der Waals surface area contributed by atoms with Gasteiger partial charge in [-0.15, -0.1) is 0 Å². The normalized spacial score (nSPS) is 11.1. The largest absolute Gasteiger partial charge is 0.493 e. The van der Waals surface area contributed by atoms with Crippen LogP contribution in [0.15, 0.2) is 65.7 Å². The van der Waals surface area contributed by atoms with Crippen LogP contribution in [0.25, 0.3) is 11.3 Å². The number of aromatic nitrogens is 2. The standard InChI is InChI=1S/C29H29N3O6S/c1-17-14-18(2)27(19(3)15-17)38-29-22(28(33)32-39(34,35)26-9-7-8-20(4)30-26)11-12-23(31-29)21-10-13-24(36-5)25(16-21)37-6/h7-16H,1-6H3,(H,32,33). The van der Waals surface area contributed by atoms with Crippen molar-refractivity contribution in [3.8, 4) is 34.4 Å². The summed E-state index contributed by atoms with van der Waals surface area (Å²) in [5.74, 6) is 0.622. The molecule has 2 heterocycles. The number of benzene rings is 2. The van der Waals surface area contributed by atoms with Crippen LogP contribution >= 0.6 is 0 Å². The van der Waals surface area contributed by atoms with Crippen LogP contribution in [0.5, 0.6) is 23.1 Å². The van der Waals surface area contributed by atoms with Gasteiger partial charge in [-0.3, -0.25) is 4.79 Å². The molecule has 4 rings (SSSR count). The van der Waals surface area contributed by atoms with Gasteiger partial charge < -0.3 is 14.2 Å². The number of pyridine rings is 2. The van der Waals surface area contributed by atoms with Gasteiger partial charge in [0.2, 0.25) is 5.88 Å². The molecule has 9 nitrogen and oxygen atoms in total. The van der Waals surface area contributed by atoms with Crippen molar-refractivity contribution < 1.29 is 27.4 Å². The molecule has 0 atom stereocenters. The van der Waals surface area contributed by atoms with Crippen molar-refractivity contribution in [2.24, 2.45) is 0 Å². The van der Waals surface area contributed by atoms with E-state index < -0.39 is 15.9 Å². The number of ether oxygens (including phenoxy) is 3. The van der Waals surface area contributed by atoms with E-state index in [-0.39, 0.29) is 16.5 Å². The third-order valence-electron chi connectivity index (χ3n) is 5.95. The predicted molar refractivity (Wildman–Crippen MR) is 147 cm³/mol. The van der Waals surface area contributed by atoms with Crippen LogP contribution < -0.4 is 18.9 Å². The minimum Gasteiger partial charge on any atom is -0.493 e. The number of nitrogens with one attached hydrogen (secondary N) is 1. The maximum atomic E-state index is 13.3. The summed E-state index contributed by atoms with van der Waals surface area (Å²) in [6.45, 7) is 7.42. The fraction of sp³-hybridized carbons (Fsp3) is 0.207. The topological polar surface area (TPSA) is 117 Å². The Hall–Kier alpha value is -4.44. The van der Waals surface area contributed by atoms with E-state index in [1.54, 1.807) is 50.4 Å². The molecule has 0 aliphatic carbocycles. The summed E-state index contributed by atoms with van der Waals surface area (Å²) < 4.78 is 44.9. The van der Waals surface area contributed by atoms with Gasteiger partial charge in [0.1, 0.15) is 11.3 Å². The molecular formula is C29H29N3O6S. The van der Waals surface area contributed by atoms with Gasteiger partial charge in [-0.25, -0.2) is 14.7 Å². The predicted octanol–water partition coefficient (Wildman–Crippen LogP) is 5.31. The van der Waals surface area contributed by atoms with Crippen molar-refractivity contribution >= 4 is 15.9 Å². The number of carbonyl (C=O) groups is 1. The number of nitrogens with zero attached hydrogens (tertiary/aromatic N) is 2. The number of sulfonamides is 1. The SMILES string of the molecule is COc1ccc(-c2ccc(C(=O)NS(=O)(=O)c3cccc(C)n3)c(Oc3c(C)cc(C)cc3C)n2)cc1OC. The Labute approximate surface area is 227 Å². The third kappa shape index (κ3) is 6.01. The highest BCUT2D eigenvalue weighted by atomic mass is 32.2. The summed E-state index contributed by atoms with van der Waals surface area (Å²) in [4.78, 5) is 22.0. The van der Waals surface area contributed by atoms with Crippen LogP contribution in [0.3, 0.4) is 0 Å². The summed E-state index contributed by atoms with van der Waals surface area (Å²) in [6, 6.07) is 16.8. The number of aryl methyl sites for hydroxylation is 4. The second-order valence-corrected chi connectivity index (χ2v) is 10.6. The zero-order chi connectivity index (χ0) is 28.3. The molecule has 10 heteroatoms. The van der Waals surface area contributed by atoms with Gasteiger partial charge in [0.15, 0.2) is 16.5 Å². The maximum absolute atomic E-state index is 13.3. The third-order valence-corrected chi connectivity index (χ3v) is 7.18. The molecule has 4 aromatic rings. The van der Waals surface area contributed by atoms with Crippen molar-refractivity contribution in [3.63, 3.8) is 0 Å². The van der Waals surface area contributed by atoms with Gasteiger partial charge in [-0.2, -0.15) is 8.42 Å². The molecule has 0 unspecified atom stereocenters. The first-order chi connectivity index (χ1) is 18.5. The molecule has 0 radical (unpaired) electrons. The first kappa shape index (κ1) is 27.6. The van der Waals surface area contributed by atoms with E-state index in [4.69, 9.17) is 14.2 Å². The van der Waals surface area contributed by atoms with Crippen LogP contribution in [0, 0.1) is 27.7 Å². The number of hydrogen-bond acceptors (Lipinski definition) is 8. The van der Waals surface area contributed by atoms with Gasteiger partial charge in [-0.05, 0) is 81.3 Å². The van der Waals surface area contributed by atoms with Crippen LogP contribution in [-0.4, -0.2) is 38.5 Å². The number of hydrogen-bond donors (Lipinski definition) is 1. The fourth-order valence-electron chi connectivity index (χ4n) is 4.17. The van der Waals surface area contributed by atoms with Crippen molar-refractivity contribution in [3.05, 3.63) is 88.6 Å². The monoisotopic (exact) mass is 547 g/mol. The molecule has 2 aromatic carbocycles. The average molecular weight is 548 g/mol. The minimum absolute atomic E-state index is 0.0535. The highest BCUT2D eigenvalue weighted by Gasteiger charge is 2.25. The van der Waals surface area contributed by atoms with E-state index >= 15 is 0 Å². The van der Waals surface area contributed by atoms with E-state index in [1.165, 1.54) is 19.2 Å². The molecule has 0 bridgehead atoms. The summed E-state index contributed by atoms with van der Waals surface area (Å²) in [5.41, 5.74) is 4.34. The molecule has 2 aromatic heterocycles. The van der Waals surface area contributed by atoms with Crippen LogP contribution in [0.1, 0.15) is 32.7 Å². The van der Waals surface area contributed by atoms with E-state index in [0.717, 1.165) is 16.7 Å². The number of rotatable bonds is 8. The van der Waals surface area contributed by atoms with E-state index in [0.29, 0.717) is 34.2 Å². The second kappa shape index (κ2) is 11.1. The maximum Gasteiger partial charge on any atom is 0.281 e. The Morgan fingerprint density at radius 3 is 2.15 bits per heavy atom. The quantitative estimate of drug-likeness (QED) is 0.316. The van der Waals surface area contributed by atoms with Crippen LogP contribution in [0.2, 0.25) is 0 Å². The lowest BCUT2D eigenvalue weighted by Crippen LogP contribution is -2.31. The van der Waals surface area contributed by atoms with Crippen molar-refractivity contribution in [2.75, 3.05) is 14.2 Å². The highest BCUT2D eigenvalue weighted by molar-refractivity contribution is 7.90. The van der Waals surface area contributed by atoms with Gasteiger partial charge in [0, 0.05) is 11.3 Å². The Morgan fingerprint density at radius 2 is 1.51 bits per heavy atom. The molecule has 202 valence electrons. The summed E-state index contributed by atoms with van der Waals surface area (Å²) in [6.07, 6.45) is 0. The zero-order valence-corrected chi connectivity index (χ0v) is 23.3. The lowest BCUT2D eigenvalue weighted by atomic mass is 10.1. The smallest absolute Gasteiger partial charge is 0.281 e. The lowest BCUT2D eigenvalue weighted by Gasteiger charge is -2.16.